The molecule has 0 bridgehead atoms. The first kappa shape index (κ1) is 14.1. The predicted octanol–water partition coefficient (Wildman–Crippen LogP) is 2.84. The van der Waals surface area contributed by atoms with Gasteiger partial charge in [0.1, 0.15) is 0 Å². The number of hydrogen-bond donors (Lipinski definition) is 2. The number of likely N-dealkylation sites (tertiary alicyclic amines) is 1. The maximum Gasteiger partial charge on any atom is 0.0966 e. The Hall–Kier alpha value is -1.35. The Morgan fingerprint density at radius 2 is 1.89 bits per heavy atom. The highest BCUT2D eigenvalue weighted by molar-refractivity contribution is 5.83. The highest BCUT2D eigenvalue weighted by Gasteiger charge is 2.32. The minimum absolute atomic E-state index is 0.0836. The molecule has 1 aromatic rings. The van der Waals surface area contributed by atoms with Gasteiger partial charge in [-0.25, -0.2) is 0 Å². The summed E-state index contributed by atoms with van der Waals surface area (Å²) in [6.07, 6.45) is 1.99. The van der Waals surface area contributed by atoms with Crippen LogP contribution < -0.4 is 5.73 Å². The molecule has 19 heavy (non-hydrogen) atoms. The van der Waals surface area contributed by atoms with E-state index in [1.807, 2.05) is 0 Å². The summed E-state index contributed by atoms with van der Waals surface area (Å²) in [5.41, 5.74) is 9.72. The minimum Gasteiger partial charge on any atom is -0.387 e. The smallest absolute Gasteiger partial charge is 0.0966 e. The fraction of sp³-hybridized carbons (Fsp3) is 0.562. The van der Waals surface area contributed by atoms with Crippen LogP contribution in [0.3, 0.4) is 0 Å². The summed E-state index contributed by atoms with van der Waals surface area (Å²) in [4.78, 5) is 2.47. The maximum absolute atomic E-state index is 7.68. The van der Waals surface area contributed by atoms with Crippen LogP contribution in [0.1, 0.15) is 36.5 Å². The second-order valence-corrected chi connectivity index (χ2v) is 6.17. The molecule has 0 saturated carbocycles. The zero-order valence-corrected chi connectivity index (χ0v) is 12.3. The number of hydrogen-bond acceptors (Lipinski definition) is 2. The standard InChI is InChI=1S/C16H25N3/c1-12-4-5-14(10-13(12)2)11-19-8-6-16(3,7-9-19)15(17)18/h4-5,10H,6-9,11H2,1-3H3,(H3,17,18). The molecule has 1 aromatic carbocycles. The molecular weight excluding hydrogens is 234 g/mol. The number of aryl methyl sites for hydroxylation is 2. The van der Waals surface area contributed by atoms with Crippen LogP contribution in [0.2, 0.25) is 0 Å². The van der Waals surface area contributed by atoms with Gasteiger partial charge >= 0.3 is 0 Å². The van der Waals surface area contributed by atoms with Crippen LogP contribution in [-0.4, -0.2) is 23.8 Å². The van der Waals surface area contributed by atoms with Gasteiger partial charge in [-0.15, -0.1) is 0 Å². The van der Waals surface area contributed by atoms with Crippen molar-refractivity contribution in [2.45, 2.75) is 40.2 Å². The van der Waals surface area contributed by atoms with Crippen molar-refractivity contribution in [1.29, 1.82) is 5.41 Å². The Bertz CT molecular complexity index is 471. The molecule has 0 aliphatic carbocycles. The second-order valence-electron chi connectivity index (χ2n) is 6.17. The van der Waals surface area contributed by atoms with Gasteiger partial charge in [0.05, 0.1) is 5.84 Å². The van der Waals surface area contributed by atoms with Gasteiger partial charge in [-0.1, -0.05) is 25.1 Å². The molecule has 0 amide bonds. The van der Waals surface area contributed by atoms with Gasteiger partial charge in [0.25, 0.3) is 0 Å². The monoisotopic (exact) mass is 259 g/mol. The van der Waals surface area contributed by atoms with Gasteiger partial charge in [0.15, 0.2) is 0 Å². The fourth-order valence-electron chi connectivity index (χ4n) is 2.63. The van der Waals surface area contributed by atoms with Crippen molar-refractivity contribution < 1.29 is 0 Å². The van der Waals surface area contributed by atoms with Crippen LogP contribution in [0.4, 0.5) is 0 Å². The molecule has 1 aliphatic heterocycles. The van der Waals surface area contributed by atoms with Crippen molar-refractivity contribution in [3.8, 4) is 0 Å². The van der Waals surface area contributed by atoms with Gasteiger partial charge in [-0.2, -0.15) is 0 Å². The van der Waals surface area contributed by atoms with Crippen molar-refractivity contribution in [3.63, 3.8) is 0 Å². The van der Waals surface area contributed by atoms with Crippen molar-refractivity contribution in [2.75, 3.05) is 13.1 Å². The SMILES string of the molecule is Cc1ccc(CN2CCC(C)(C(=N)N)CC2)cc1C. The predicted molar refractivity (Wildman–Crippen MR) is 80.4 cm³/mol. The van der Waals surface area contributed by atoms with E-state index in [9.17, 15) is 0 Å². The summed E-state index contributed by atoms with van der Waals surface area (Å²) in [7, 11) is 0. The van der Waals surface area contributed by atoms with Crippen LogP contribution in [0.5, 0.6) is 0 Å². The first-order valence-electron chi connectivity index (χ1n) is 7.04. The van der Waals surface area contributed by atoms with E-state index in [0.29, 0.717) is 5.84 Å². The van der Waals surface area contributed by atoms with Crippen molar-refractivity contribution >= 4 is 5.84 Å². The quantitative estimate of drug-likeness (QED) is 0.648. The number of benzene rings is 1. The molecule has 0 atom stereocenters. The highest BCUT2D eigenvalue weighted by atomic mass is 15.1. The third-order valence-corrected chi connectivity index (χ3v) is 4.59. The van der Waals surface area contributed by atoms with Gasteiger partial charge < -0.3 is 5.73 Å². The molecule has 2 rings (SSSR count). The molecule has 0 aromatic heterocycles. The summed E-state index contributed by atoms with van der Waals surface area (Å²) < 4.78 is 0. The molecule has 0 radical (unpaired) electrons. The van der Waals surface area contributed by atoms with Crippen LogP contribution in [-0.2, 0) is 6.54 Å². The van der Waals surface area contributed by atoms with Crippen molar-refractivity contribution in [2.24, 2.45) is 11.1 Å². The van der Waals surface area contributed by atoms with Crippen LogP contribution in [0.25, 0.3) is 0 Å². The maximum atomic E-state index is 7.68. The number of rotatable bonds is 3. The van der Waals surface area contributed by atoms with E-state index in [0.717, 1.165) is 32.5 Å². The molecular formula is C16H25N3. The van der Waals surface area contributed by atoms with Crippen LogP contribution in [0, 0.1) is 24.7 Å². The Balaban J connectivity index is 1.95. The first-order chi connectivity index (χ1) is 8.90. The van der Waals surface area contributed by atoms with E-state index in [-0.39, 0.29) is 5.41 Å². The van der Waals surface area contributed by atoms with E-state index in [1.54, 1.807) is 0 Å². The number of piperidine rings is 1. The molecule has 1 saturated heterocycles. The minimum atomic E-state index is -0.0836. The molecule has 1 fully saturated rings. The van der Waals surface area contributed by atoms with Gasteiger partial charge in [-0.3, -0.25) is 10.3 Å². The van der Waals surface area contributed by atoms with Crippen LogP contribution in [0.15, 0.2) is 18.2 Å². The summed E-state index contributed by atoms with van der Waals surface area (Å²) in [5.74, 6) is 0.346. The van der Waals surface area contributed by atoms with E-state index in [4.69, 9.17) is 11.1 Å². The largest absolute Gasteiger partial charge is 0.387 e. The molecule has 0 unspecified atom stereocenters. The summed E-state index contributed by atoms with van der Waals surface area (Å²) in [6, 6.07) is 6.71. The molecule has 1 heterocycles. The van der Waals surface area contributed by atoms with Crippen LogP contribution >= 0.6 is 0 Å². The Labute approximate surface area is 116 Å². The lowest BCUT2D eigenvalue weighted by Crippen LogP contribution is -2.44. The Morgan fingerprint density at radius 1 is 1.26 bits per heavy atom. The van der Waals surface area contributed by atoms with E-state index < -0.39 is 0 Å². The molecule has 3 nitrogen and oxygen atoms in total. The van der Waals surface area contributed by atoms with Gasteiger partial charge in [-0.05, 0) is 56.5 Å². The van der Waals surface area contributed by atoms with E-state index in [1.165, 1.54) is 16.7 Å². The van der Waals surface area contributed by atoms with Gasteiger partial charge in [0, 0.05) is 12.0 Å². The molecule has 0 spiro atoms. The molecule has 3 N–H and O–H groups in total. The zero-order valence-electron chi connectivity index (χ0n) is 12.3. The van der Waals surface area contributed by atoms with Crippen molar-refractivity contribution in [1.82, 2.24) is 4.90 Å². The average molecular weight is 259 g/mol. The molecule has 3 heteroatoms. The zero-order chi connectivity index (χ0) is 14.0. The average Bonchev–Trinajstić information content (AvgIpc) is 2.37. The highest BCUT2D eigenvalue weighted by Crippen LogP contribution is 2.31. The van der Waals surface area contributed by atoms with E-state index >= 15 is 0 Å². The summed E-state index contributed by atoms with van der Waals surface area (Å²) in [5, 5.41) is 7.68. The molecule has 104 valence electrons. The summed E-state index contributed by atoms with van der Waals surface area (Å²) >= 11 is 0. The van der Waals surface area contributed by atoms with E-state index in [2.05, 4.69) is 43.9 Å². The lowest BCUT2D eigenvalue weighted by atomic mass is 9.79. The van der Waals surface area contributed by atoms with Crippen molar-refractivity contribution in [3.05, 3.63) is 34.9 Å². The number of nitrogens with one attached hydrogen (secondary N) is 1. The second kappa shape index (κ2) is 5.33. The lowest BCUT2D eigenvalue weighted by Gasteiger charge is -2.38. The lowest BCUT2D eigenvalue weighted by molar-refractivity contribution is 0.156. The first-order valence-corrected chi connectivity index (χ1v) is 7.04. The number of nitrogens with two attached hydrogens (primary N) is 1. The summed E-state index contributed by atoms with van der Waals surface area (Å²) in [6.45, 7) is 9.50. The fourth-order valence-corrected chi connectivity index (χ4v) is 2.63. The van der Waals surface area contributed by atoms with Gasteiger partial charge in [0.2, 0.25) is 0 Å². The molecule has 1 aliphatic rings. The number of amidine groups is 1. The normalized spacial score (nSPS) is 19.3. The third kappa shape index (κ3) is 3.16. The number of nitrogens with zero attached hydrogens (tertiary/aromatic N) is 1. The Kier molecular flexibility index (Phi) is 3.95. The topological polar surface area (TPSA) is 53.1 Å². The third-order valence-electron chi connectivity index (χ3n) is 4.59. The Morgan fingerprint density at radius 3 is 2.42 bits per heavy atom.